The molecule has 0 aromatic heterocycles. The highest BCUT2D eigenvalue weighted by atomic mass is 16.7. The molecule has 5 fully saturated rings. The molecule has 13 heteroatoms. The van der Waals surface area contributed by atoms with Crippen molar-refractivity contribution in [2.75, 3.05) is 6.61 Å². The van der Waals surface area contributed by atoms with E-state index in [9.17, 15) is 30.6 Å². The Bertz CT molecular complexity index is 655. The van der Waals surface area contributed by atoms with Crippen LogP contribution in [0.5, 0.6) is 0 Å². The molecule has 0 radical (unpaired) electrons. The quantitative estimate of drug-likeness (QED) is 0.180. The average molecular weight is 466 g/mol. The lowest BCUT2D eigenvalue weighted by atomic mass is 9.71. The van der Waals surface area contributed by atoms with Gasteiger partial charge >= 0.3 is 0 Å². The molecule has 4 aliphatic heterocycles. The van der Waals surface area contributed by atoms with Crippen LogP contribution >= 0.6 is 0 Å². The van der Waals surface area contributed by atoms with Crippen LogP contribution in [-0.2, 0) is 18.9 Å². The summed E-state index contributed by atoms with van der Waals surface area (Å²) in [5, 5.41) is 64.2. The first-order valence-corrected chi connectivity index (χ1v) is 11.0. The largest absolute Gasteiger partial charge is 0.394 e. The number of rotatable bonds is 6. The van der Waals surface area contributed by atoms with Crippen LogP contribution in [0.4, 0.5) is 0 Å². The summed E-state index contributed by atoms with van der Waals surface area (Å²) in [6, 6.07) is -1.22. The fourth-order valence-electron chi connectivity index (χ4n) is 5.02. The maximum Gasteiger partial charge on any atom is 0.187 e. The maximum absolute atomic E-state index is 10.9. The minimum Gasteiger partial charge on any atom is -0.394 e. The Morgan fingerprint density at radius 3 is 2.22 bits per heavy atom. The van der Waals surface area contributed by atoms with E-state index in [2.05, 4.69) is 5.32 Å². The molecule has 11 N–H and O–H groups in total. The molecule has 186 valence electrons. The number of aliphatic hydroxyl groups excluding tert-OH is 6. The van der Waals surface area contributed by atoms with E-state index >= 15 is 0 Å². The van der Waals surface area contributed by atoms with Crippen LogP contribution in [0.1, 0.15) is 26.2 Å². The molecule has 2 bridgehead atoms. The van der Waals surface area contributed by atoms with Gasteiger partial charge in [-0.25, -0.2) is 0 Å². The van der Waals surface area contributed by atoms with Crippen LogP contribution in [0.15, 0.2) is 0 Å². The Morgan fingerprint density at radius 2 is 1.62 bits per heavy atom. The summed E-state index contributed by atoms with van der Waals surface area (Å²) in [5.41, 5.74) is 11.0. The number of piperidine rings is 1. The molecule has 4 heterocycles. The van der Waals surface area contributed by atoms with Gasteiger partial charge in [-0.3, -0.25) is 5.32 Å². The van der Waals surface area contributed by atoms with Crippen LogP contribution in [0.3, 0.4) is 0 Å². The predicted octanol–water partition coefficient (Wildman–Crippen LogP) is -4.84. The fourth-order valence-corrected chi connectivity index (χ4v) is 5.02. The number of aliphatic hydroxyl groups is 6. The minimum atomic E-state index is -1.40. The molecular formula is C19H35N3O10. The Morgan fingerprint density at radius 1 is 0.969 bits per heavy atom. The molecule has 0 aromatic rings. The maximum atomic E-state index is 10.9. The van der Waals surface area contributed by atoms with Gasteiger partial charge in [0.1, 0.15) is 42.7 Å². The number of ether oxygens (including phenoxy) is 4. The standard InChI is InChI=1S/C19H35N3O10/c1-2-8-12(25)14(27)18(30-8)32-16-15(7-4-19(21,22-7)17(16)28)31-10-3-6(20)11(24)13(26)9(5-23)29-10/h6-18,22-28H,2-5,20-21H2,1H3/t6?,7?,8-,9?,10-,11?,12?,13-,14?,15-,16?,17?,18+,19+/m1/s1. The number of hydrogen-bond acceptors (Lipinski definition) is 13. The normalized spacial score (nSPS) is 56.0. The van der Waals surface area contributed by atoms with Crippen LogP contribution in [-0.4, -0.2) is 123 Å². The summed E-state index contributed by atoms with van der Waals surface area (Å²) in [4.78, 5) is 0. The van der Waals surface area contributed by atoms with Crippen molar-refractivity contribution < 1.29 is 49.6 Å². The highest BCUT2D eigenvalue weighted by Crippen LogP contribution is 2.41. The fraction of sp³-hybridized carbons (Fsp3) is 1.00. The summed E-state index contributed by atoms with van der Waals surface area (Å²) in [6.07, 6.45) is -11.4. The van der Waals surface area contributed by atoms with Crippen LogP contribution < -0.4 is 16.8 Å². The Balaban J connectivity index is 1.51. The number of nitrogens with one attached hydrogen (secondary N) is 1. The van der Waals surface area contributed by atoms with E-state index in [4.69, 9.17) is 30.4 Å². The van der Waals surface area contributed by atoms with Crippen molar-refractivity contribution in [3.05, 3.63) is 0 Å². The first-order chi connectivity index (χ1) is 15.1. The molecule has 13 nitrogen and oxygen atoms in total. The summed E-state index contributed by atoms with van der Waals surface area (Å²) in [5.74, 6) is 0. The van der Waals surface area contributed by atoms with Crippen molar-refractivity contribution in [2.24, 2.45) is 11.5 Å². The van der Waals surface area contributed by atoms with Crippen molar-refractivity contribution in [1.29, 1.82) is 0 Å². The number of nitrogens with two attached hydrogens (primary N) is 2. The van der Waals surface area contributed by atoms with Crippen molar-refractivity contribution in [2.45, 2.75) is 111 Å². The van der Waals surface area contributed by atoms with Gasteiger partial charge in [-0.1, -0.05) is 6.92 Å². The van der Waals surface area contributed by atoms with E-state index in [0.29, 0.717) is 12.8 Å². The molecule has 32 heavy (non-hydrogen) atoms. The highest BCUT2D eigenvalue weighted by molar-refractivity contribution is 5.17. The molecule has 8 unspecified atom stereocenters. The lowest BCUT2D eigenvalue weighted by molar-refractivity contribution is -0.309. The smallest absolute Gasteiger partial charge is 0.187 e. The second-order valence-electron chi connectivity index (χ2n) is 9.24. The summed E-state index contributed by atoms with van der Waals surface area (Å²) in [7, 11) is 0. The van der Waals surface area contributed by atoms with E-state index < -0.39 is 85.8 Å². The molecular weight excluding hydrogens is 430 g/mol. The first-order valence-electron chi connectivity index (χ1n) is 11.0. The number of fused-ring (bicyclic) bond motifs is 2. The predicted molar refractivity (Wildman–Crippen MR) is 106 cm³/mol. The average Bonchev–Trinajstić information content (AvgIpc) is 2.96. The van der Waals surface area contributed by atoms with E-state index in [1.807, 2.05) is 0 Å². The monoisotopic (exact) mass is 465 g/mol. The van der Waals surface area contributed by atoms with Gasteiger partial charge in [-0.05, 0) is 12.8 Å². The third kappa shape index (κ3) is 4.20. The van der Waals surface area contributed by atoms with E-state index in [1.54, 1.807) is 6.92 Å². The molecule has 14 atom stereocenters. The molecule has 0 aromatic carbocycles. The Kier molecular flexibility index (Phi) is 7.12. The van der Waals surface area contributed by atoms with Crippen molar-refractivity contribution in [1.82, 2.24) is 5.32 Å². The van der Waals surface area contributed by atoms with Crippen molar-refractivity contribution in [3.8, 4) is 0 Å². The van der Waals surface area contributed by atoms with Gasteiger partial charge in [0, 0.05) is 18.5 Å². The Labute approximate surface area is 185 Å². The van der Waals surface area contributed by atoms with Crippen molar-refractivity contribution >= 4 is 0 Å². The van der Waals surface area contributed by atoms with Gasteiger partial charge in [0.05, 0.1) is 24.5 Å². The van der Waals surface area contributed by atoms with Gasteiger partial charge in [0.25, 0.3) is 0 Å². The molecule has 4 saturated heterocycles. The SMILES string of the molecule is CC[C@H]1O[C@@H](OC2C(O)[C@]3(N)CC(N3)[C@H]2O[C@@H]2CC(N)C(O)[C@H](O)C(CO)O2)C(O)C1O. The van der Waals surface area contributed by atoms with Gasteiger partial charge < -0.3 is 61.1 Å². The van der Waals surface area contributed by atoms with Gasteiger partial charge in [-0.2, -0.15) is 0 Å². The first kappa shape index (κ1) is 24.6. The molecule has 1 saturated carbocycles. The van der Waals surface area contributed by atoms with Crippen molar-refractivity contribution in [3.63, 3.8) is 0 Å². The summed E-state index contributed by atoms with van der Waals surface area (Å²) >= 11 is 0. The second kappa shape index (κ2) is 9.26. The zero-order valence-corrected chi connectivity index (χ0v) is 17.8. The lowest BCUT2D eigenvalue weighted by Gasteiger charge is -2.60. The third-order valence-electron chi connectivity index (χ3n) is 7.03. The molecule has 5 aliphatic rings. The van der Waals surface area contributed by atoms with E-state index in [0.717, 1.165) is 0 Å². The zero-order chi connectivity index (χ0) is 23.4. The summed E-state index contributed by atoms with van der Waals surface area (Å²) in [6.45, 7) is 1.23. The Hall–Kier alpha value is -0.520. The molecule has 0 amide bonds. The van der Waals surface area contributed by atoms with E-state index in [1.165, 1.54) is 0 Å². The van der Waals surface area contributed by atoms with E-state index in [-0.39, 0.29) is 12.5 Å². The molecule has 1 aliphatic carbocycles. The number of hydrogen-bond donors (Lipinski definition) is 9. The summed E-state index contributed by atoms with van der Waals surface area (Å²) < 4.78 is 23.2. The molecule has 5 rings (SSSR count). The molecule has 0 spiro atoms. The van der Waals surface area contributed by atoms with Gasteiger partial charge in [0.15, 0.2) is 12.6 Å². The topological polar surface area (TPSA) is 222 Å². The van der Waals surface area contributed by atoms with Crippen LogP contribution in [0, 0.1) is 0 Å². The van der Waals surface area contributed by atoms with Gasteiger partial charge in [0.2, 0.25) is 0 Å². The van der Waals surface area contributed by atoms with Crippen LogP contribution in [0.25, 0.3) is 0 Å². The lowest BCUT2D eigenvalue weighted by Crippen LogP contribution is -2.86. The third-order valence-corrected chi connectivity index (χ3v) is 7.03. The minimum absolute atomic E-state index is 0.00765. The second-order valence-corrected chi connectivity index (χ2v) is 9.24. The highest BCUT2D eigenvalue weighted by Gasteiger charge is 2.62. The van der Waals surface area contributed by atoms with Crippen LogP contribution in [0.2, 0.25) is 0 Å². The van der Waals surface area contributed by atoms with Gasteiger partial charge in [-0.15, -0.1) is 0 Å². The zero-order valence-electron chi connectivity index (χ0n) is 17.8.